The van der Waals surface area contributed by atoms with Gasteiger partial charge in [0.15, 0.2) is 0 Å². The number of hydrogen-bond donors (Lipinski definition) is 2. The summed E-state index contributed by atoms with van der Waals surface area (Å²) in [5, 5.41) is 6.13. The second kappa shape index (κ2) is 5.53. The normalized spacial score (nSPS) is 24.8. The van der Waals surface area contributed by atoms with E-state index in [9.17, 15) is 4.79 Å². The number of hydrogen-bond acceptors (Lipinski definition) is 3. The van der Waals surface area contributed by atoms with E-state index in [0.29, 0.717) is 12.6 Å². The fraction of sp³-hybridized carbons (Fsp3) is 0.917. The molecular weight excluding hydrogens is 204 g/mol. The smallest absolute Gasteiger partial charge is 0.407 e. The van der Waals surface area contributed by atoms with Gasteiger partial charge in [0.05, 0.1) is 0 Å². The van der Waals surface area contributed by atoms with Crippen LogP contribution in [0.15, 0.2) is 0 Å². The zero-order valence-corrected chi connectivity index (χ0v) is 10.8. The van der Waals surface area contributed by atoms with Crippen LogP contribution in [0.2, 0.25) is 0 Å². The van der Waals surface area contributed by atoms with Gasteiger partial charge in [0.2, 0.25) is 0 Å². The zero-order valence-electron chi connectivity index (χ0n) is 10.8. The lowest BCUT2D eigenvalue weighted by Gasteiger charge is -2.33. The largest absolute Gasteiger partial charge is 0.444 e. The Bertz CT molecular complexity index is 230. The summed E-state index contributed by atoms with van der Waals surface area (Å²) in [5.74, 6) is 0.858. The molecule has 1 aliphatic rings. The molecule has 16 heavy (non-hydrogen) atoms. The van der Waals surface area contributed by atoms with Crippen molar-refractivity contribution in [2.75, 3.05) is 13.1 Å². The Morgan fingerprint density at radius 2 is 1.94 bits per heavy atom. The molecule has 0 aromatic carbocycles. The fourth-order valence-electron chi connectivity index (χ4n) is 1.82. The van der Waals surface area contributed by atoms with Crippen LogP contribution in [-0.4, -0.2) is 30.8 Å². The lowest BCUT2D eigenvalue weighted by Crippen LogP contribution is -2.44. The van der Waals surface area contributed by atoms with Gasteiger partial charge in [0, 0.05) is 19.1 Å². The predicted molar refractivity (Wildman–Crippen MR) is 64.4 cm³/mol. The summed E-state index contributed by atoms with van der Waals surface area (Å²) in [5.41, 5.74) is -0.416. The summed E-state index contributed by atoms with van der Waals surface area (Å²) < 4.78 is 5.12. The number of carbonyl (C=O) groups excluding carboxylic acids is 1. The predicted octanol–water partition coefficient (Wildman–Crippen LogP) is 1.90. The second-order valence-corrected chi connectivity index (χ2v) is 5.66. The van der Waals surface area contributed by atoms with Crippen LogP contribution in [0.25, 0.3) is 0 Å². The summed E-state index contributed by atoms with van der Waals surface area (Å²) in [6.07, 6.45) is 2.18. The van der Waals surface area contributed by atoms with Gasteiger partial charge in [-0.15, -0.1) is 0 Å². The lowest BCUT2D eigenvalue weighted by molar-refractivity contribution is 0.0527. The average Bonchev–Trinajstić information content (AvgIpc) is 2.05. The van der Waals surface area contributed by atoms with E-state index in [2.05, 4.69) is 17.6 Å². The van der Waals surface area contributed by atoms with E-state index >= 15 is 0 Å². The molecule has 0 heterocycles. The highest BCUT2D eigenvalue weighted by molar-refractivity contribution is 5.67. The molecule has 0 aromatic heterocycles. The van der Waals surface area contributed by atoms with Crippen molar-refractivity contribution in [2.45, 2.75) is 52.2 Å². The number of nitrogens with one attached hydrogen (secondary N) is 2. The van der Waals surface area contributed by atoms with Crippen molar-refractivity contribution in [3.8, 4) is 0 Å². The zero-order chi connectivity index (χ0) is 12.2. The molecule has 94 valence electrons. The average molecular weight is 228 g/mol. The SMILES string of the molecule is CC1CC(NCCNC(=O)OC(C)(C)C)C1. The monoisotopic (exact) mass is 228 g/mol. The van der Waals surface area contributed by atoms with Crippen LogP contribution in [0.5, 0.6) is 0 Å². The molecule has 0 spiro atoms. The van der Waals surface area contributed by atoms with Gasteiger partial charge in [-0.25, -0.2) is 4.79 Å². The van der Waals surface area contributed by atoms with Crippen molar-refractivity contribution >= 4 is 6.09 Å². The minimum atomic E-state index is -0.416. The van der Waals surface area contributed by atoms with E-state index in [4.69, 9.17) is 4.74 Å². The van der Waals surface area contributed by atoms with Crippen LogP contribution in [0.3, 0.4) is 0 Å². The number of amides is 1. The Balaban J connectivity index is 1.96. The molecule has 0 saturated heterocycles. The first-order valence-electron chi connectivity index (χ1n) is 6.07. The highest BCUT2D eigenvalue weighted by atomic mass is 16.6. The highest BCUT2D eigenvalue weighted by Gasteiger charge is 2.24. The third-order valence-corrected chi connectivity index (χ3v) is 2.60. The van der Waals surface area contributed by atoms with Crippen LogP contribution in [0, 0.1) is 5.92 Å². The summed E-state index contributed by atoms with van der Waals surface area (Å²) in [6, 6.07) is 0.649. The molecule has 1 aliphatic carbocycles. The van der Waals surface area contributed by atoms with Crippen molar-refractivity contribution < 1.29 is 9.53 Å². The van der Waals surface area contributed by atoms with Gasteiger partial charge in [0.25, 0.3) is 0 Å². The molecule has 1 rings (SSSR count). The van der Waals surface area contributed by atoms with Gasteiger partial charge in [-0.2, -0.15) is 0 Å². The van der Waals surface area contributed by atoms with Crippen LogP contribution < -0.4 is 10.6 Å². The lowest BCUT2D eigenvalue weighted by atomic mass is 9.82. The fourth-order valence-corrected chi connectivity index (χ4v) is 1.82. The van der Waals surface area contributed by atoms with Gasteiger partial charge < -0.3 is 15.4 Å². The third-order valence-electron chi connectivity index (χ3n) is 2.60. The Labute approximate surface area is 98.1 Å². The maximum absolute atomic E-state index is 11.3. The van der Waals surface area contributed by atoms with Crippen LogP contribution in [0.1, 0.15) is 40.5 Å². The molecule has 4 nitrogen and oxygen atoms in total. The standard InChI is InChI=1S/C12H24N2O2/c1-9-7-10(8-9)13-5-6-14-11(15)16-12(2,3)4/h9-10,13H,5-8H2,1-4H3,(H,14,15). The van der Waals surface area contributed by atoms with Crippen molar-refractivity contribution in [1.82, 2.24) is 10.6 Å². The molecule has 1 fully saturated rings. The van der Waals surface area contributed by atoms with E-state index < -0.39 is 5.60 Å². The Morgan fingerprint density at radius 1 is 1.31 bits per heavy atom. The van der Waals surface area contributed by atoms with E-state index in [1.165, 1.54) is 12.8 Å². The Hall–Kier alpha value is -0.770. The van der Waals surface area contributed by atoms with Gasteiger partial charge in [-0.3, -0.25) is 0 Å². The van der Waals surface area contributed by atoms with Gasteiger partial charge in [-0.1, -0.05) is 6.92 Å². The van der Waals surface area contributed by atoms with Crippen molar-refractivity contribution in [3.63, 3.8) is 0 Å². The molecule has 4 heteroatoms. The molecule has 0 radical (unpaired) electrons. The van der Waals surface area contributed by atoms with E-state index in [1.54, 1.807) is 0 Å². The number of alkyl carbamates (subject to hydrolysis) is 1. The first kappa shape index (κ1) is 13.3. The highest BCUT2D eigenvalue weighted by Crippen LogP contribution is 2.25. The minimum Gasteiger partial charge on any atom is -0.444 e. The molecule has 0 aliphatic heterocycles. The maximum Gasteiger partial charge on any atom is 0.407 e. The van der Waals surface area contributed by atoms with Gasteiger partial charge in [0.1, 0.15) is 5.60 Å². The van der Waals surface area contributed by atoms with Crippen LogP contribution >= 0.6 is 0 Å². The first-order chi connectivity index (χ1) is 7.37. The molecule has 0 bridgehead atoms. The van der Waals surface area contributed by atoms with Gasteiger partial charge >= 0.3 is 6.09 Å². The molecule has 1 amide bonds. The van der Waals surface area contributed by atoms with E-state index in [0.717, 1.165) is 12.5 Å². The van der Waals surface area contributed by atoms with Gasteiger partial charge in [-0.05, 0) is 39.5 Å². The summed E-state index contributed by atoms with van der Waals surface area (Å²) in [7, 11) is 0. The van der Waals surface area contributed by atoms with E-state index in [-0.39, 0.29) is 6.09 Å². The number of ether oxygens (including phenoxy) is 1. The summed E-state index contributed by atoms with van der Waals surface area (Å²) >= 11 is 0. The number of carbonyl (C=O) groups is 1. The van der Waals surface area contributed by atoms with E-state index in [1.807, 2.05) is 20.8 Å². The van der Waals surface area contributed by atoms with Crippen molar-refractivity contribution in [1.29, 1.82) is 0 Å². The molecular formula is C12H24N2O2. The minimum absolute atomic E-state index is 0.337. The molecule has 2 N–H and O–H groups in total. The first-order valence-corrected chi connectivity index (χ1v) is 6.07. The van der Waals surface area contributed by atoms with Crippen LogP contribution in [0.4, 0.5) is 4.79 Å². The summed E-state index contributed by atoms with van der Waals surface area (Å²) in [4.78, 5) is 11.3. The Kier molecular flexibility index (Phi) is 4.59. The Morgan fingerprint density at radius 3 is 2.44 bits per heavy atom. The molecule has 1 saturated carbocycles. The van der Waals surface area contributed by atoms with Crippen molar-refractivity contribution in [2.24, 2.45) is 5.92 Å². The molecule has 0 unspecified atom stereocenters. The maximum atomic E-state index is 11.3. The summed E-state index contributed by atoms with van der Waals surface area (Å²) in [6.45, 7) is 9.29. The topological polar surface area (TPSA) is 50.4 Å². The molecule has 0 atom stereocenters. The third kappa shape index (κ3) is 5.35. The van der Waals surface area contributed by atoms with Crippen LogP contribution in [-0.2, 0) is 4.74 Å². The quantitative estimate of drug-likeness (QED) is 0.723. The number of rotatable bonds is 4. The van der Waals surface area contributed by atoms with Crippen molar-refractivity contribution in [3.05, 3.63) is 0 Å². The second-order valence-electron chi connectivity index (χ2n) is 5.66. The molecule has 0 aromatic rings.